The first-order valence-electron chi connectivity index (χ1n) is 8.06. The molecule has 0 aromatic heterocycles. The van der Waals surface area contributed by atoms with Crippen molar-refractivity contribution in [3.05, 3.63) is 71.3 Å². The molecule has 0 fully saturated rings. The number of halogens is 3. The molecule has 28 heavy (non-hydrogen) atoms. The van der Waals surface area contributed by atoms with Gasteiger partial charge in [0.25, 0.3) is 5.91 Å². The second-order valence-electron chi connectivity index (χ2n) is 5.72. The van der Waals surface area contributed by atoms with Crippen LogP contribution in [0.5, 0.6) is 0 Å². The lowest BCUT2D eigenvalue weighted by molar-refractivity contribution is -0.148. The van der Waals surface area contributed by atoms with E-state index in [1.165, 1.54) is 31.2 Å². The van der Waals surface area contributed by atoms with Gasteiger partial charge in [0.15, 0.2) is 6.10 Å². The summed E-state index contributed by atoms with van der Waals surface area (Å²) in [5.41, 5.74) is 0.0467. The number of hydrogen-bond acceptors (Lipinski definition) is 4. The predicted octanol–water partition coefficient (Wildman–Crippen LogP) is 4.16. The van der Waals surface area contributed by atoms with Crippen molar-refractivity contribution in [2.24, 2.45) is 0 Å². The molecule has 1 unspecified atom stereocenters. The maximum atomic E-state index is 12.7. The molecule has 1 N–H and O–H groups in total. The number of esters is 1. The van der Waals surface area contributed by atoms with Crippen LogP contribution in [0.4, 0.5) is 18.9 Å². The third kappa shape index (κ3) is 5.99. The Kier molecular flexibility index (Phi) is 6.55. The Hall–Kier alpha value is -3.60. The van der Waals surface area contributed by atoms with Crippen LogP contribution in [0.25, 0.3) is 6.08 Å². The van der Waals surface area contributed by atoms with Crippen molar-refractivity contribution in [1.29, 1.82) is 5.26 Å². The molecule has 0 bridgehead atoms. The number of rotatable bonds is 5. The number of nitriles is 1. The van der Waals surface area contributed by atoms with E-state index in [0.29, 0.717) is 11.3 Å². The highest BCUT2D eigenvalue weighted by atomic mass is 19.4. The Labute approximate surface area is 159 Å². The average molecular weight is 388 g/mol. The molecule has 0 saturated heterocycles. The maximum absolute atomic E-state index is 12.7. The normalized spacial score (nSPS) is 12.2. The first-order chi connectivity index (χ1) is 13.2. The molecule has 1 atom stereocenters. The minimum atomic E-state index is -4.49. The van der Waals surface area contributed by atoms with Gasteiger partial charge in [-0.05, 0) is 48.9 Å². The van der Waals surface area contributed by atoms with E-state index in [2.05, 4.69) is 5.32 Å². The van der Waals surface area contributed by atoms with Crippen LogP contribution in [-0.4, -0.2) is 18.0 Å². The fraction of sp³-hybridized carbons (Fsp3) is 0.150. The number of carbonyl (C=O) groups is 2. The summed E-state index contributed by atoms with van der Waals surface area (Å²) in [7, 11) is 0. The molecule has 0 spiro atoms. The van der Waals surface area contributed by atoms with Crippen molar-refractivity contribution in [3.8, 4) is 6.07 Å². The molecule has 2 aromatic rings. The van der Waals surface area contributed by atoms with E-state index in [9.17, 15) is 22.8 Å². The first-order valence-corrected chi connectivity index (χ1v) is 8.06. The van der Waals surface area contributed by atoms with Gasteiger partial charge in [-0.25, -0.2) is 4.79 Å². The standard InChI is InChI=1S/C20H15F3N2O3/c1-13(19(27)25-17-7-3-5-15(11-17)12-24)28-18(26)9-8-14-4-2-6-16(10-14)20(21,22)23/h2-11,13H,1H3,(H,25,27)/b9-8+. The van der Waals surface area contributed by atoms with E-state index in [1.807, 2.05) is 6.07 Å². The molecular weight excluding hydrogens is 373 g/mol. The van der Waals surface area contributed by atoms with Gasteiger partial charge in [0, 0.05) is 11.8 Å². The predicted molar refractivity (Wildman–Crippen MR) is 95.8 cm³/mol. The highest BCUT2D eigenvalue weighted by Crippen LogP contribution is 2.29. The molecule has 0 aliphatic rings. The minimum absolute atomic E-state index is 0.164. The van der Waals surface area contributed by atoms with Gasteiger partial charge in [-0.2, -0.15) is 18.4 Å². The van der Waals surface area contributed by atoms with Gasteiger partial charge >= 0.3 is 12.1 Å². The quantitative estimate of drug-likeness (QED) is 0.616. The van der Waals surface area contributed by atoms with Crippen LogP contribution >= 0.6 is 0 Å². The molecule has 0 saturated carbocycles. The zero-order valence-electron chi connectivity index (χ0n) is 14.7. The lowest BCUT2D eigenvalue weighted by Crippen LogP contribution is -2.29. The second-order valence-corrected chi connectivity index (χ2v) is 5.72. The topological polar surface area (TPSA) is 79.2 Å². The van der Waals surface area contributed by atoms with Gasteiger partial charge in [0.2, 0.25) is 0 Å². The molecule has 0 radical (unpaired) electrons. The molecule has 144 valence electrons. The lowest BCUT2D eigenvalue weighted by Gasteiger charge is -2.12. The van der Waals surface area contributed by atoms with Crippen LogP contribution in [-0.2, 0) is 20.5 Å². The summed E-state index contributed by atoms with van der Waals surface area (Å²) in [5, 5.41) is 11.3. The average Bonchev–Trinajstić information content (AvgIpc) is 2.66. The summed E-state index contributed by atoms with van der Waals surface area (Å²) < 4.78 is 43.0. The Morgan fingerprint density at radius 3 is 2.57 bits per heavy atom. The summed E-state index contributed by atoms with van der Waals surface area (Å²) in [6, 6.07) is 12.5. The van der Waals surface area contributed by atoms with E-state index in [1.54, 1.807) is 18.2 Å². The largest absolute Gasteiger partial charge is 0.449 e. The molecule has 8 heteroatoms. The molecule has 1 amide bonds. The summed E-state index contributed by atoms with van der Waals surface area (Å²) in [6.45, 7) is 1.35. The van der Waals surface area contributed by atoms with Crippen LogP contribution in [0.1, 0.15) is 23.6 Å². The summed E-state index contributed by atoms with van der Waals surface area (Å²) in [4.78, 5) is 23.9. The van der Waals surface area contributed by atoms with Crippen LogP contribution < -0.4 is 5.32 Å². The fourth-order valence-electron chi connectivity index (χ4n) is 2.16. The fourth-order valence-corrected chi connectivity index (χ4v) is 2.16. The van der Waals surface area contributed by atoms with Crippen molar-refractivity contribution < 1.29 is 27.5 Å². The number of alkyl halides is 3. The SMILES string of the molecule is CC(OC(=O)/C=C/c1cccc(C(F)(F)F)c1)C(=O)Nc1cccc(C#N)c1. The number of ether oxygens (including phenoxy) is 1. The number of anilines is 1. The van der Waals surface area contributed by atoms with E-state index in [-0.39, 0.29) is 5.56 Å². The van der Waals surface area contributed by atoms with Crippen molar-refractivity contribution in [3.63, 3.8) is 0 Å². The minimum Gasteiger partial charge on any atom is -0.449 e. The Morgan fingerprint density at radius 2 is 1.89 bits per heavy atom. The molecule has 0 heterocycles. The van der Waals surface area contributed by atoms with Crippen LogP contribution in [0.3, 0.4) is 0 Å². The van der Waals surface area contributed by atoms with Gasteiger partial charge in [-0.1, -0.05) is 18.2 Å². The van der Waals surface area contributed by atoms with Crippen molar-refractivity contribution >= 4 is 23.6 Å². The molecule has 0 aliphatic heterocycles. The number of carbonyl (C=O) groups excluding carboxylic acids is 2. The third-order valence-electron chi connectivity index (χ3n) is 3.55. The number of benzene rings is 2. The Morgan fingerprint density at radius 1 is 1.18 bits per heavy atom. The van der Waals surface area contributed by atoms with E-state index < -0.39 is 29.7 Å². The van der Waals surface area contributed by atoms with Gasteiger partial charge in [0.05, 0.1) is 17.2 Å². The molecule has 2 rings (SSSR count). The number of hydrogen-bond donors (Lipinski definition) is 1. The van der Waals surface area contributed by atoms with Crippen molar-refractivity contribution in [2.75, 3.05) is 5.32 Å². The number of nitrogens with zero attached hydrogens (tertiary/aromatic N) is 1. The van der Waals surface area contributed by atoms with Gasteiger partial charge in [-0.3, -0.25) is 4.79 Å². The third-order valence-corrected chi connectivity index (χ3v) is 3.55. The van der Waals surface area contributed by atoms with E-state index >= 15 is 0 Å². The lowest BCUT2D eigenvalue weighted by atomic mass is 10.1. The number of amides is 1. The Bertz CT molecular complexity index is 946. The van der Waals surface area contributed by atoms with Gasteiger partial charge in [-0.15, -0.1) is 0 Å². The summed E-state index contributed by atoms with van der Waals surface area (Å²) in [6.07, 6.45) is -3.53. The van der Waals surface area contributed by atoms with E-state index in [4.69, 9.17) is 10.00 Å². The van der Waals surface area contributed by atoms with Gasteiger partial charge < -0.3 is 10.1 Å². The van der Waals surface area contributed by atoms with Crippen LogP contribution in [0.2, 0.25) is 0 Å². The van der Waals surface area contributed by atoms with Crippen LogP contribution in [0, 0.1) is 11.3 Å². The highest BCUT2D eigenvalue weighted by molar-refractivity contribution is 5.96. The zero-order valence-corrected chi connectivity index (χ0v) is 14.7. The van der Waals surface area contributed by atoms with Crippen molar-refractivity contribution in [1.82, 2.24) is 0 Å². The maximum Gasteiger partial charge on any atom is 0.416 e. The smallest absolute Gasteiger partial charge is 0.416 e. The van der Waals surface area contributed by atoms with Crippen molar-refractivity contribution in [2.45, 2.75) is 19.2 Å². The molecule has 0 aliphatic carbocycles. The van der Waals surface area contributed by atoms with Crippen LogP contribution in [0.15, 0.2) is 54.6 Å². The Balaban J connectivity index is 1.95. The zero-order chi connectivity index (χ0) is 20.7. The van der Waals surface area contributed by atoms with E-state index in [0.717, 1.165) is 18.2 Å². The highest BCUT2D eigenvalue weighted by Gasteiger charge is 2.30. The monoisotopic (exact) mass is 388 g/mol. The van der Waals surface area contributed by atoms with Gasteiger partial charge in [0.1, 0.15) is 0 Å². The summed E-state index contributed by atoms with van der Waals surface area (Å²) >= 11 is 0. The number of nitrogens with one attached hydrogen (secondary N) is 1. The summed E-state index contributed by atoms with van der Waals surface area (Å²) in [5.74, 6) is -1.50. The molecule has 2 aromatic carbocycles. The molecule has 5 nitrogen and oxygen atoms in total. The molecular formula is C20H15F3N2O3. The second kappa shape index (κ2) is 8.86. The first kappa shape index (κ1) is 20.7.